The van der Waals surface area contributed by atoms with Crippen LogP contribution in [0.4, 0.5) is 5.69 Å². The van der Waals surface area contributed by atoms with Gasteiger partial charge in [-0.3, -0.25) is 9.69 Å². The second-order valence-corrected chi connectivity index (χ2v) is 6.22. The van der Waals surface area contributed by atoms with Crippen LogP contribution >= 0.6 is 0 Å². The summed E-state index contributed by atoms with van der Waals surface area (Å²) in [6.45, 7) is 10.0. The van der Waals surface area contributed by atoms with E-state index in [1.807, 2.05) is 11.9 Å². The summed E-state index contributed by atoms with van der Waals surface area (Å²) in [6.07, 6.45) is 1.78. The maximum Gasteiger partial charge on any atom is 0.270 e. The Hall–Kier alpha value is -1.49. The van der Waals surface area contributed by atoms with Crippen molar-refractivity contribution in [3.63, 3.8) is 0 Å². The van der Waals surface area contributed by atoms with E-state index in [2.05, 4.69) is 25.7 Å². The first-order valence-electron chi connectivity index (χ1n) is 6.75. The lowest BCUT2D eigenvalue weighted by Gasteiger charge is -2.42. The molecule has 1 aliphatic heterocycles. The molecule has 1 fully saturated rings. The van der Waals surface area contributed by atoms with Gasteiger partial charge in [0.25, 0.3) is 5.91 Å². The number of rotatable bonds is 1. The maximum absolute atomic E-state index is 12.4. The fourth-order valence-electron chi connectivity index (χ4n) is 2.55. The van der Waals surface area contributed by atoms with Crippen molar-refractivity contribution in [3.8, 4) is 0 Å². The zero-order chi connectivity index (χ0) is 14.2. The largest absolute Gasteiger partial charge is 0.397 e. The summed E-state index contributed by atoms with van der Waals surface area (Å²) >= 11 is 0. The molecule has 5 heteroatoms. The van der Waals surface area contributed by atoms with Crippen LogP contribution in [-0.4, -0.2) is 52.0 Å². The predicted octanol–water partition coefficient (Wildman–Crippen LogP) is 1.16. The van der Waals surface area contributed by atoms with E-state index in [1.54, 1.807) is 16.8 Å². The van der Waals surface area contributed by atoms with Gasteiger partial charge < -0.3 is 15.2 Å². The van der Waals surface area contributed by atoms with E-state index in [0.29, 0.717) is 11.4 Å². The van der Waals surface area contributed by atoms with Crippen LogP contribution in [0.3, 0.4) is 0 Å². The number of hydrogen-bond donors (Lipinski definition) is 1. The molecule has 0 unspecified atom stereocenters. The first-order valence-corrected chi connectivity index (χ1v) is 6.75. The highest BCUT2D eigenvalue weighted by molar-refractivity contribution is 5.93. The lowest BCUT2D eigenvalue weighted by Crippen LogP contribution is -2.54. The minimum absolute atomic E-state index is 0.0766. The topological polar surface area (TPSA) is 54.5 Å². The van der Waals surface area contributed by atoms with Gasteiger partial charge in [0.1, 0.15) is 5.69 Å². The van der Waals surface area contributed by atoms with Crippen molar-refractivity contribution in [2.45, 2.75) is 26.3 Å². The monoisotopic (exact) mass is 264 g/mol. The third-order valence-corrected chi connectivity index (χ3v) is 3.76. The molecule has 1 aromatic rings. The van der Waals surface area contributed by atoms with Gasteiger partial charge in [0.2, 0.25) is 0 Å². The highest BCUT2D eigenvalue weighted by Crippen LogP contribution is 2.18. The number of nitrogens with two attached hydrogens (primary N) is 1. The Morgan fingerprint density at radius 1 is 1.21 bits per heavy atom. The molecule has 0 aromatic carbocycles. The molecule has 1 aromatic heterocycles. The minimum Gasteiger partial charge on any atom is -0.397 e. The lowest BCUT2D eigenvalue weighted by atomic mass is 10.0. The van der Waals surface area contributed by atoms with Crippen LogP contribution in [0.1, 0.15) is 31.3 Å². The summed E-state index contributed by atoms with van der Waals surface area (Å²) < 4.78 is 1.80. The quantitative estimate of drug-likeness (QED) is 0.828. The fourth-order valence-corrected chi connectivity index (χ4v) is 2.55. The molecule has 0 aliphatic carbocycles. The molecule has 2 rings (SSSR count). The van der Waals surface area contributed by atoms with Gasteiger partial charge in [-0.1, -0.05) is 0 Å². The molecule has 19 heavy (non-hydrogen) atoms. The molecule has 1 saturated heterocycles. The van der Waals surface area contributed by atoms with Crippen LogP contribution in [0.5, 0.6) is 0 Å². The van der Waals surface area contributed by atoms with E-state index in [0.717, 1.165) is 26.2 Å². The van der Waals surface area contributed by atoms with Crippen molar-refractivity contribution in [1.29, 1.82) is 0 Å². The van der Waals surface area contributed by atoms with Crippen LogP contribution in [0.25, 0.3) is 0 Å². The van der Waals surface area contributed by atoms with Gasteiger partial charge >= 0.3 is 0 Å². The number of nitrogens with zero attached hydrogens (tertiary/aromatic N) is 3. The Morgan fingerprint density at radius 2 is 1.79 bits per heavy atom. The van der Waals surface area contributed by atoms with Crippen molar-refractivity contribution in [2.75, 3.05) is 31.9 Å². The zero-order valence-electron chi connectivity index (χ0n) is 12.3. The van der Waals surface area contributed by atoms with Crippen molar-refractivity contribution in [2.24, 2.45) is 7.05 Å². The molecule has 5 nitrogen and oxygen atoms in total. The summed E-state index contributed by atoms with van der Waals surface area (Å²) in [7, 11) is 1.86. The van der Waals surface area contributed by atoms with Crippen LogP contribution < -0.4 is 5.73 Å². The van der Waals surface area contributed by atoms with Crippen molar-refractivity contribution in [1.82, 2.24) is 14.4 Å². The standard InChI is InChI=1S/C14H24N4O/c1-14(2,3)18-7-5-17(6-8-18)13(19)12-9-11(15)10-16(12)4/h9-10H,5-8,15H2,1-4H3. The molecule has 2 N–H and O–H groups in total. The summed E-state index contributed by atoms with van der Waals surface area (Å²) in [5, 5.41) is 0. The Morgan fingerprint density at radius 3 is 2.21 bits per heavy atom. The number of carbonyl (C=O) groups excluding carboxylic acids is 1. The second kappa shape index (κ2) is 4.89. The first kappa shape index (κ1) is 13.9. The van der Waals surface area contributed by atoms with Gasteiger partial charge in [-0.15, -0.1) is 0 Å². The van der Waals surface area contributed by atoms with E-state index >= 15 is 0 Å². The summed E-state index contributed by atoms with van der Waals surface area (Å²) in [5.41, 5.74) is 7.20. The van der Waals surface area contributed by atoms with Crippen molar-refractivity contribution < 1.29 is 4.79 Å². The number of aromatic nitrogens is 1. The number of nitrogen functional groups attached to an aromatic ring is 1. The average molecular weight is 264 g/mol. The molecule has 1 amide bonds. The van der Waals surface area contributed by atoms with E-state index in [4.69, 9.17) is 5.73 Å². The summed E-state index contributed by atoms with van der Waals surface area (Å²) in [5.74, 6) is 0.0766. The van der Waals surface area contributed by atoms with E-state index in [9.17, 15) is 4.79 Å². The SMILES string of the molecule is Cn1cc(N)cc1C(=O)N1CCN(C(C)(C)C)CC1. The number of amides is 1. The van der Waals surface area contributed by atoms with Crippen molar-refractivity contribution >= 4 is 11.6 Å². The van der Waals surface area contributed by atoms with Crippen molar-refractivity contribution in [3.05, 3.63) is 18.0 Å². The van der Waals surface area contributed by atoms with E-state index in [-0.39, 0.29) is 11.4 Å². The van der Waals surface area contributed by atoms with Gasteiger partial charge in [0.05, 0.1) is 5.69 Å². The lowest BCUT2D eigenvalue weighted by molar-refractivity contribution is 0.0444. The number of anilines is 1. The number of piperazine rings is 1. The van der Waals surface area contributed by atoms with E-state index in [1.165, 1.54) is 0 Å². The molecule has 0 atom stereocenters. The van der Waals surface area contributed by atoms with Gasteiger partial charge in [0, 0.05) is 45.0 Å². The molecular formula is C14H24N4O. The highest BCUT2D eigenvalue weighted by Gasteiger charge is 2.28. The third-order valence-electron chi connectivity index (χ3n) is 3.76. The van der Waals surface area contributed by atoms with E-state index < -0.39 is 0 Å². The number of aryl methyl sites for hydroxylation is 1. The molecular weight excluding hydrogens is 240 g/mol. The molecule has 0 saturated carbocycles. The predicted molar refractivity (Wildman–Crippen MR) is 77.1 cm³/mol. The van der Waals surface area contributed by atoms with Crippen LogP contribution in [0.15, 0.2) is 12.3 Å². The molecule has 2 heterocycles. The Labute approximate surface area is 115 Å². The average Bonchev–Trinajstić information content (AvgIpc) is 2.66. The molecule has 0 bridgehead atoms. The minimum atomic E-state index is 0.0766. The van der Waals surface area contributed by atoms with Gasteiger partial charge in [-0.25, -0.2) is 0 Å². The normalized spacial score (nSPS) is 17.8. The maximum atomic E-state index is 12.4. The highest BCUT2D eigenvalue weighted by atomic mass is 16.2. The third kappa shape index (κ3) is 2.92. The van der Waals surface area contributed by atoms with Gasteiger partial charge in [-0.2, -0.15) is 0 Å². The Bertz CT molecular complexity index is 464. The Kier molecular flexibility index (Phi) is 3.58. The fraction of sp³-hybridized carbons (Fsp3) is 0.643. The Balaban J connectivity index is 2.02. The molecule has 0 spiro atoms. The second-order valence-electron chi connectivity index (χ2n) is 6.22. The molecule has 1 aliphatic rings. The van der Waals surface area contributed by atoms with Crippen LogP contribution in [-0.2, 0) is 7.05 Å². The van der Waals surface area contributed by atoms with Crippen LogP contribution in [0, 0.1) is 0 Å². The number of hydrogen-bond acceptors (Lipinski definition) is 3. The van der Waals surface area contributed by atoms with Gasteiger partial charge in [-0.05, 0) is 26.8 Å². The summed E-state index contributed by atoms with van der Waals surface area (Å²) in [4.78, 5) is 16.7. The van der Waals surface area contributed by atoms with Crippen LogP contribution in [0.2, 0.25) is 0 Å². The molecule has 0 radical (unpaired) electrons. The summed E-state index contributed by atoms with van der Waals surface area (Å²) in [6, 6.07) is 1.75. The van der Waals surface area contributed by atoms with Gasteiger partial charge in [0.15, 0.2) is 0 Å². The smallest absolute Gasteiger partial charge is 0.270 e. The molecule has 106 valence electrons. The zero-order valence-corrected chi connectivity index (χ0v) is 12.3. The number of carbonyl (C=O) groups is 1. The first-order chi connectivity index (χ1) is 8.79.